The highest BCUT2D eigenvalue weighted by Crippen LogP contribution is 1.85. The number of esters is 1. The maximum absolute atomic E-state index is 10.4. The predicted molar refractivity (Wildman–Crippen MR) is 39.2 cm³/mol. The van der Waals surface area contributed by atoms with Crippen LogP contribution >= 0.6 is 0 Å². The summed E-state index contributed by atoms with van der Waals surface area (Å²) in [5.74, 6) is -1.93. The molecule has 0 aliphatic carbocycles. The van der Waals surface area contributed by atoms with Gasteiger partial charge in [-0.1, -0.05) is 12.7 Å². The van der Waals surface area contributed by atoms with Gasteiger partial charge >= 0.3 is 11.9 Å². The molecule has 0 saturated heterocycles. The van der Waals surface area contributed by atoms with Crippen LogP contribution in [0.5, 0.6) is 0 Å². The summed E-state index contributed by atoms with van der Waals surface area (Å²) in [7, 11) is 0. The van der Waals surface area contributed by atoms with Crippen LogP contribution in [-0.4, -0.2) is 46.7 Å². The Balaban J connectivity index is 0. The highest BCUT2D eigenvalue weighted by molar-refractivity contribution is 5.90. The Labute approximate surface area is 80.4 Å². The van der Waals surface area contributed by atoms with E-state index in [0.29, 0.717) is 0 Å². The van der Waals surface area contributed by atoms with Crippen LogP contribution in [0, 0.1) is 0 Å². The Morgan fingerprint density at radius 2 is 2.09 bits per heavy atom. The molecule has 2 radical (unpaired) electrons. The third kappa shape index (κ3) is 9.45. The summed E-state index contributed by atoms with van der Waals surface area (Å²) in [6.45, 7) is 3.35. The Morgan fingerprint density at radius 1 is 1.55 bits per heavy atom. The van der Waals surface area contributed by atoms with Crippen molar-refractivity contribution in [1.82, 2.24) is 0 Å². The molecule has 11 heavy (non-hydrogen) atoms. The van der Waals surface area contributed by atoms with Crippen molar-refractivity contribution < 1.29 is 19.4 Å². The van der Waals surface area contributed by atoms with E-state index in [0.717, 1.165) is 0 Å². The van der Waals surface area contributed by atoms with Crippen molar-refractivity contribution in [1.29, 1.82) is 0 Å². The van der Waals surface area contributed by atoms with Crippen LogP contribution in [0.2, 0.25) is 0 Å². The second-order valence-corrected chi connectivity index (χ2v) is 1.54. The fraction of sp³-hybridized carbons (Fsp3) is 0.333. The summed E-state index contributed by atoms with van der Waals surface area (Å²) in [5, 5.41) is 8.06. The molecule has 0 atom stereocenters. The number of carbonyl (C=O) groups excluding carboxylic acids is 1. The molecule has 0 aliphatic rings. The normalized spacial score (nSPS) is 7.64. The quantitative estimate of drug-likeness (QED) is 0.273. The molecule has 0 aromatic heterocycles. The lowest BCUT2D eigenvalue weighted by molar-refractivity contribution is -0.150. The van der Waals surface area contributed by atoms with Gasteiger partial charge in [0.15, 0.2) is 0 Å². The summed E-state index contributed by atoms with van der Waals surface area (Å²) < 4.78 is 4.36. The van der Waals surface area contributed by atoms with Gasteiger partial charge in [-0.2, -0.15) is 0 Å². The minimum Gasteiger partial charge on any atom is -0.481 e. The standard InChI is InChI=1S/C6H8O4.Mg/c1-2-3-10-6(9)4-5(7)8;/h2H,1,3-4H2,(H,7,8);. The average Bonchev–Trinajstić information content (AvgIpc) is 1.82. The van der Waals surface area contributed by atoms with Crippen LogP contribution in [0.25, 0.3) is 0 Å². The molecule has 0 heterocycles. The Kier molecular flexibility index (Phi) is 8.97. The molecule has 0 saturated carbocycles. The van der Waals surface area contributed by atoms with E-state index in [1.54, 1.807) is 0 Å². The fourth-order valence-electron chi connectivity index (χ4n) is 0.326. The number of carboxylic acids is 1. The van der Waals surface area contributed by atoms with Gasteiger partial charge in [0.1, 0.15) is 13.0 Å². The van der Waals surface area contributed by atoms with E-state index in [4.69, 9.17) is 5.11 Å². The molecular formula is C6H8MgO4. The third-order valence-electron chi connectivity index (χ3n) is 0.658. The number of carbonyl (C=O) groups is 2. The van der Waals surface area contributed by atoms with Crippen molar-refractivity contribution in [3.8, 4) is 0 Å². The molecule has 5 heteroatoms. The van der Waals surface area contributed by atoms with Crippen LogP contribution in [0.1, 0.15) is 6.42 Å². The van der Waals surface area contributed by atoms with Crippen molar-refractivity contribution in [2.24, 2.45) is 0 Å². The lowest BCUT2D eigenvalue weighted by Gasteiger charge is -1.96. The zero-order valence-corrected chi connectivity index (χ0v) is 7.49. The molecule has 0 unspecified atom stereocenters. The van der Waals surface area contributed by atoms with Gasteiger partial charge in [-0.3, -0.25) is 9.59 Å². The lowest BCUT2D eigenvalue weighted by Crippen LogP contribution is -2.10. The minimum atomic E-state index is -1.19. The second kappa shape index (κ2) is 7.55. The van der Waals surface area contributed by atoms with Crippen molar-refractivity contribution in [2.75, 3.05) is 6.61 Å². The highest BCUT2D eigenvalue weighted by atomic mass is 24.3. The van der Waals surface area contributed by atoms with E-state index in [1.807, 2.05) is 0 Å². The molecular weight excluding hydrogens is 160 g/mol. The van der Waals surface area contributed by atoms with Crippen LogP contribution < -0.4 is 0 Å². The van der Waals surface area contributed by atoms with Gasteiger partial charge in [-0.05, 0) is 0 Å². The Bertz CT molecular complexity index is 155. The fourth-order valence-corrected chi connectivity index (χ4v) is 0.326. The van der Waals surface area contributed by atoms with E-state index >= 15 is 0 Å². The van der Waals surface area contributed by atoms with Gasteiger partial charge in [0, 0.05) is 23.1 Å². The molecule has 0 aromatic carbocycles. The average molecular weight is 168 g/mol. The first-order chi connectivity index (χ1) is 4.66. The predicted octanol–water partition coefficient (Wildman–Crippen LogP) is -0.190. The number of carboxylic acid groups (broad SMARTS) is 1. The monoisotopic (exact) mass is 168 g/mol. The van der Waals surface area contributed by atoms with E-state index in [2.05, 4.69) is 11.3 Å². The first kappa shape index (κ1) is 13.1. The van der Waals surface area contributed by atoms with Gasteiger partial charge in [0.05, 0.1) is 0 Å². The van der Waals surface area contributed by atoms with Crippen LogP contribution in [0.3, 0.4) is 0 Å². The van der Waals surface area contributed by atoms with Crippen molar-refractivity contribution in [2.45, 2.75) is 6.42 Å². The molecule has 0 aromatic rings. The first-order valence-corrected chi connectivity index (χ1v) is 2.65. The highest BCUT2D eigenvalue weighted by Gasteiger charge is 2.06. The molecule has 0 amide bonds. The van der Waals surface area contributed by atoms with Crippen molar-refractivity contribution >= 4 is 35.0 Å². The molecule has 58 valence electrons. The summed E-state index contributed by atoms with van der Waals surface area (Å²) in [6, 6.07) is 0. The zero-order chi connectivity index (χ0) is 7.98. The van der Waals surface area contributed by atoms with Crippen molar-refractivity contribution in [3.05, 3.63) is 12.7 Å². The van der Waals surface area contributed by atoms with Crippen LogP contribution in [-0.2, 0) is 14.3 Å². The molecule has 4 nitrogen and oxygen atoms in total. The van der Waals surface area contributed by atoms with Gasteiger partial charge in [-0.15, -0.1) is 0 Å². The number of ether oxygens (including phenoxy) is 1. The molecule has 0 fully saturated rings. The number of hydrogen-bond acceptors (Lipinski definition) is 3. The van der Waals surface area contributed by atoms with Crippen molar-refractivity contribution in [3.63, 3.8) is 0 Å². The van der Waals surface area contributed by atoms with E-state index in [1.165, 1.54) is 6.08 Å². The minimum absolute atomic E-state index is 0. The Morgan fingerprint density at radius 3 is 2.45 bits per heavy atom. The summed E-state index contributed by atoms with van der Waals surface area (Å²) in [5.41, 5.74) is 0. The van der Waals surface area contributed by atoms with Gasteiger partial charge < -0.3 is 9.84 Å². The molecule has 1 N–H and O–H groups in total. The molecule has 0 rings (SSSR count). The van der Waals surface area contributed by atoms with Gasteiger partial charge in [0.25, 0.3) is 0 Å². The SMILES string of the molecule is C=CCOC(=O)CC(=O)O.[Mg]. The number of hydrogen-bond donors (Lipinski definition) is 1. The van der Waals surface area contributed by atoms with Crippen LogP contribution in [0.15, 0.2) is 12.7 Å². The maximum Gasteiger partial charge on any atom is 0.317 e. The summed E-state index contributed by atoms with van der Waals surface area (Å²) in [4.78, 5) is 20.2. The topological polar surface area (TPSA) is 63.6 Å². The summed E-state index contributed by atoms with van der Waals surface area (Å²) >= 11 is 0. The number of rotatable bonds is 4. The van der Waals surface area contributed by atoms with Gasteiger partial charge in [0.2, 0.25) is 0 Å². The summed E-state index contributed by atoms with van der Waals surface area (Å²) in [6.07, 6.45) is 0.785. The molecule has 0 bridgehead atoms. The van der Waals surface area contributed by atoms with Crippen LogP contribution in [0.4, 0.5) is 0 Å². The molecule has 0 spiro atoms. The maximum atomic E-state index is 10.4. The number of aliphatic carboxylic acids is 1. The lowest BCUT2D eigenvalue weighted by atomic mass is 10.4. The van der Waals surface area contributed by atoms with E-state index in [-0.39, 0.29) is 29.7 Å². The van der Waals surface area contributed by atoms with Gasteiger partial charge in [-0.25, -0.2) is 0 Å². The Hall–Kier alpha value is -0.554. The third-order valence-corrected chi connectivity index (χ3v) is 0.658. The second-order valence-electron chi connectivity index (χ2n) is 1.54. The zero-order valence-electron chi connectivity index (χ0n) is 6.08. The largest absolute Gasteiger partial charge is 0.481 e. The van der Waals surface area contributed by atoms with E-state index < -0.39 is 18.4 Å². The first-order valence-electron chi connectivity index (χ1n) is 2.65. The molecule has 0 aliphatic heterocycles. The van der Waals surface area contributed by atoms with E-state index in [9.17, 15) is 9.59 Å². The smallest absolute Gasteiger partial charge is 0.317 e.